The van der Waals surface area contributed by atoms with E-state index in [9.17, 15) is 13.2 Å². The van der Waals surface area contributed by atoms with Crippen LogP contribution in [0.3, 0.4) is 0 Å². The summed E-state index contributed by atoms with van der Waals surface area (Å²) in [6.45, 7) is 3.76. The molecule has 2 aliphatic rings. The van der Waals surface area contributed by atoms with Crippen LogP contribution in [0.15, 0.2) is 29.4 Å². The van der Waals surface area contributed by atoms with Crippen molar-refractivity contribution < 1.29 is 17.9 Å². The lowest BCUT2D eigenvalue weighted by atomic mass is 10.3. The maximum Gasteiger partial charge on any atom is 0.251 e. The van der Waals surface area contributed by atoms with E-state index in [-0.39, 0.29) is 23.9 Å². The molecular formula is C16H23N3O4S. The molecule has 7 nitrogen and oxygen atoms in total. The van der Waals surface area contributed by atoms with Gasteiger partial charge in [0.1, 0.15) is 11.0 Å². The van der Waals surface area contributed by atoms with Crippen LogP contribution < -0.4 is 0 Å². The zero-order valence-corrected chi connectivity index (χ0v) is 14.6. The van der Waals surface area contributed by atoms with Crippen molar-refractivity contribution in [3.63, 3.8) is 0 Å². The van der Waals surface area contributed by atoms with Gasteiger partial charge in [0, 0.05) is 38.6 Å². The van der Waals surface area contributed by atoms with Gasteiger partial charge in [-0.05, 0) is 37.8 Å². The van der Waals surface area contributed by atoms with Gasteiger partial charge in [-0.15, -0.1) is 0 Å². The van der Waals surface area contributed by atoms with Crippen LogP contribution in [0.25, 0.3) is 0 Å². The van der Waals surface area contributed by atoms with Gasteiger partial charge in [0.25, 0.3) is 5.91 Å². The smallest absolute Gasteiger partial charge is 0.251 e. The summed E-state index contributed by atoms with van der Waals surface area (Å²) in [5, 5.41) is 0. The van der Waals surface area contributed by atoms with Gasteiger partial charge in [-0.3, -0.25) is 9.78 Å². The third-order valence-corrected chi connectivity index (χ3v) is 6.33. The van der Waals surface area contributed by atoms with E-state index in [1.54, 1.807) is 24.1 Å². The molecule has 132 valence electrons. The van der Waals surface area contributed by atoms with Crippen molar-refractivity contribution in [1.29, 1.82) is 0 Å². The molecule has 2 fully saturated rings. The van der Waals surface area contributed by atoms with Crippen molar-refractivity contribution in [2.24, 2.45) is 5.92 Å². The van der Waals surface area contributed by atoms with Crippen LogP contribution in [0, 0.1) is 5.92 Å². The summed E-state index contributed by atoms with van der Waals surface area (Å²) in [7, 11) is -3.54. The highest BCUT2D eigenvalue weighted by molar-refractivity contribution is 7.89. The first-order chi connectivity index (χ1) is 11.5. The molecule has 1 aromatic heterocycles. The topological polar surface area (TPSA) is 79.8 Å². The maximum absolute atomic E-state index is 12.5. The van der Waals surface area contributed by atoms with Gasteiger partial charge in [0.15, 0.2) is 0 Å². The fourth-order valence-electron chi connectivity index (χ4n) is 2.69. The summed E-state index contributed by atoms with van der Waals surface area (Å²) in [5.41, 5.74) is 0. The van der Waals surface area contributed by atoms with Gasteiger partial charge in [-0.1, -0.05) is 0 Å². The number of aromatic nitrogens is 1. The van der Waals surface area contributed by atoms with Crippen LogP contribution in [0.4, 0.5) is 0 Å². The molecule has 1 saturated carbocycles. The Balaban J connectivity index is 1.54. The highest BCUT2D eigenvalue weighted by Gasteiger charge is 2.32. The SMILES string of the molecule is CC(OCC1CC1)C(=O)N1CCN(S(=O)(=O)c2cccnc2)CC1. The highest BCUT2D eigenvalue weighted by Crippen LogP contribution is 2.29. The molecule has 0 radical (unpaired) electrons. The van der Waals surface area contributed by atoms with Gasteiger partial charge in [-0.25, -0.2) is 8.42 Å². The molecule has 0 bridgehead atoms. The molecule has 0 aromatic carbocycles. The van der Waals surface area contributed by atoms with E-state index >= 15 is 0 Å². The number of hydrogen-bond donors (Lipinski definition) is 0. The van der Waals surface area contributed by atoms with E-state index in [0.29, 0.717) is 25.6 Å². The largest absolute Gasteiger partial charge is 0.368 e. The molecule has 8 heteroatoms. The molecule has 24 heavy (non-hydrogen) atoms. The predicted octanol–water partition coefficient (Wildman–Crippen LogP) is 0.730. The second-order valence-electron chi connectivity index (χ2n) is 6.34. The Morgan fingerprint density at radius 1 is 1.33 bits per heavy atom. The first kappa shape index (κ1) is 17.3. The molecular weight excluding hydrogens is 330 g/mol. The lowest BCUT2D eigenvalue weighted by molar-refractivity contribution is -0.144. The molecule has 1 saturated heterocycles. The molecule has 1 atom stereocenters. The van der Waals surface area contributed by atoms with Crippen LogP contribution >= 0.6 is 0 Å². The minimum absolute atomic E-state index is 0.0610. The molecule has 1 aromatic rings. The Morgan fingerprint density at radius 3 is 2.62 bits per heavy atom. The number of rotatable bonds is 6. The number of carbonyl (C=O) groups excluding carboxylic acids is 1. The summed E-state index contributed by atoms with van der Waals surface area (Å²) in [5.74, 6) is 0.552. The average Bonchev–Trinajstić information content (AvgIpc) is 3.44. The number of hydrogen-bond acceptors (Lipinski definition) is 5. The number of piperazine rings is 1. The maximum atomic E-state index is 12.5. The number of ether oxygens (including phenoxy) is 1. The summed E-state index contributed by atoms with van der Waals surface area (Å²) in [6, 6.07) is 3.14. The molecule has 1 aliphatic carbocycles. The van der Waals surface area contributed by atoms with E-state index in [1.807, 2.05) is 0 Å². The minimum atomic E-state index is -3.54. The van der Waals surface area contributed by atoms with Crippen molar-refractivity contribution in [3.05, 3.63) is 24.5 Å². The van der Waals surface area contributed by atoms with Gasteiger partial charge < -0.3 is 9.64 Å². The van der Waals surface area contributed by atoms with E-state index < -0.39 is 16.1 Å². The third-order valence-electron chi connectivity index (χ3n) is 4.45. The van der Waals surface area contributed by atoms with Gasteiger partial charge in [0.05, 0.1) is 6.61 Å². The van der Waals surface area contributed by atoms with Crippen molar-refractivity contribution >= 4 is 15.9 Å². The first-order valence-corrected chi connectivity index (χ1v) is 9.73. The van der Waals surface area contributed by atoms with Gasteiger partial charge >= 0.3 is 0 Å². The molecule has 1 unspecified atom stereocenters. The average molecular weight is 353 g/mol. The standard InChI is InChI=1S/C16H23N3O4S/c1-13(23-12-14-4-5-14)16(20)18-7-9-19(10-8-18)24(21,22)15-3-2-6-17-11-15/h2-3,6,11,13-14H,4-5,7-10,12H2,1H3. The fourth-order valence-corrected chi connectivity index (χ4v) is 4.08. The number of pyridine rings is 1. The zero-order valence-electron chi connectivity index (χ0n) is 13.8. The van der Waals surface area contributed by atoms with E-state index in [4.69, 9.17) is 4.74 Å². The Kier molecular flexibility index (Phi) is 5.17. The predicted molar refractivity (Wildman–Crippen MR) is 87.7 cm³/mol. The number of sulfonamides is 1. The number of amides is 1. The monoisotopic (exact) mass is 353 g/mol. The summed E-state index contributed by atoms with van der Waals surface area (Å²) < 4.78 is 32.1. The van der Waals surface area contributed by atoms with E-state index in [2.05, 4.69) is 4.98 Å². The Bertz CT molecular complexity index is 668. The molecule has 3 rings (SSSR count). The van der Waals surface area contributed by atoms with Crippen molar-refractivity contribution in [2.45, 2.75) is 30.8 Å². The number of carbonyl (C=O) groups is 1. The first-order valence-electron chi connectivity index (χ1n) is 8.29. The lowest BCUT2D eigenvalue weighted by Gasteiger charge is -2.35. The fraction of sp³-hybridized carbons (Fsp3) is 0.625. The van der Waals surface area contributed by atoms with Crippen molar-refractivity contribution in [3.8, 4) is 0 Å². The van der Waals surface area contributed by atoms with Gasteiger partial charge in [-0.2, -0.15) is 4.31 Å². The van der Waals surface area contributed by atoms with E-state index in [1.165, 1.54) is 29.4 Å². The second-order valence-corrected chi connectivity index (χ2v) is 8.27. The van der Waals surface area contributed by atoms with Crippen LogP contribution in [-0.2, 0) is 19.6 Å². The van der Waals surface area contributed by atoms with Gasteiger partial charge in [0.2, 0.25) is 10.0 Å². The quantitative estimate of drug-likeness (QED) is 0.753. The van der Waals surface area contributed by atoms with Crippen LogP contribution in [-0.4, -0.2) is 67.4 Å². The molecule has 0 N–H and O–H groups in total. The Labute approximate surface area is 142 Å². The normalized spacial score (nSPS) is 20.8. The third kappa shape index (κ3) is 3.93. The van der Waals surface area contributed by atoms with Crippen molar-refractivity contribution in [2.75, 3.05) is 32.8 Å². The van der Waals surface area contributed by atoms with E-state index in [0.717, 1.165) is 0 Å². The molecule has 1 amide bonds. The number of nitrogens with zero attached hydrogens (tertiary/aromatic N) is 3. The van der Waals surface area contributed by atoms with Crippen molar-refractivity contribution in [1.82, 2.24) is 14.2 Å². The van der Waals surface area contributed by atoms with Crippen LogP contribution in [0.1, 0.15) is 19.8 Å². The Morgan fingerprint density at radius 2 is 2.04 bits per heavy atom. The molecule has 1 aliphatic heterocycles. The highest BCUT2D eigenvalue weighted by atomic mass is 32.2. The molecule has 0 spiro atoms. The van der Waals surface area contributed by atoms with Crippen LogP contribution in [0.2, 0.25) is 0 Å². The minimum Gasteiger partial charge on any atom is -0.368 e. The van der Waals surface area contributed by atoms with Crippen LogP contribution in [0.5, 0.6) is 0 Å². The summed E-state index contributed by atoms with van der Waals surface area (Å²) >= 11 is 0. The molecule has 2 heterocycles. The lowest BCUT2D eigenvalue weighted by Crippen LogP contribution is -2.52. The zero-order chi connectivity index (χ0) is 17.2. The summed E-state index contributed by atoms with van der Waals surface area (Å²) in [4.78, 5) is 18.1. The Hall–Kier alpha value is -1.51. The second kappa shape index (κ2) is 7.16. The summed E-state index contributed by atoms with van der Waals surface area (Å²) in [6.07, 6.45) is 4.80.